The molecule has 39 heavy (non-hydrogen) atoms. The minimum Gasteiger partial charge on any atom is -0.504 e. The van der Waals surface area contributed by atoms with Gasteiger partial charge in [-0.25, -0.2) is 0 Å². The highest BCUT2D eigenvalue weighted by Crippen LogP contribution is 2.37. The van der Waals surface area contributed by atoms with Crippen molar-refractivity contribution >= 4 is 33.9 Å². The smallest absolute Gasteiger partial charge is 0.174 e. The molecule has 0 unspecified atom stereocenters. The largest absolute Gasteiger partial charge is 0.504 e. The molecule has 5 heterocycles. The number of hydrogen-bond donors (Lipinski definition) is 8. The van der Waals surface area contributed by atoms with Crippen molar-refractivity contribution in [2.45, 2.75) is 20.8 Å². The zero-order valence-corrected chi connectivity index (χ0v) is 21.8. The van der Waals surface area contributed by atoms with Crippen LogP contribution in [0.15, 0.2) is 65.2 Å². The second kappa shape index (κ2) is 9.90. The lowest BCUT2D eigenvalue weighted by molar-refractivity contribution is 0.398. The summed E-state index contributed by atoms with van der Waals surface area (Å²) in [6, 6.07) is 6.79. The predicted octanol–water partition coefficient (Wildman–Crippen LogP) is 5.40. The Morgan fingerprint density at radius 3 is 2.46 bits per heavy atom. The Balaban J connectivity index is 1.42. The van der Waals surface area contributed by atoms with E-state index in [9.17, 15) is 15.3 Å². The number of pyridine rings is 1. The molecule has 0 atom stereocenters. The molecule has 10 nitrogen and oxygen atoms in total. The molecule has 1 aliphatic heterocycles. The third-order valence-electron chi connectivity index (χ3n) is 6.63. The number of aliphatic hydroxyl groups is 2. The second-order valence-corrected chi connectivity index (χ2v) is 9.53. The summed E-state index contributed by atoms with van der Waals surface area (Å²) in [4.78, 5) is 10.5. The molecule has 10 N–H and O–H groups in total. The van der Waals surface area contributed by atoms with Gasteiger partial charge in [-0.2, -0.15) is 0 Å². The number of furan rings is 1. The Morgan fingerprint density at radius 2 is 1.77 bits per heavy atom. The van der Waals surface area contributed by atoms with Crippen molar-refractivity contribution in [1.29, 1.82) is 0 Å². The molecule has 200 valence electrons. The Labute approximate surface area is 224 Å². The number of aromatic amines is 2. The van der Waals surface area contributed by atoms with Gasteiger partial charge in [-0.1, -0.05) is 0 Å². The number of dihydropyridines is 1. The molecule has 0 saturated heterocycles. The second-order valence-electron chi connectivity index (χ2n) is 9.53. The SMILES string of the molecule is C/C(=C\C(O)=C(/O)c1cncc(C2=CNCC(c3oc(-c4cc(N)c(C)[nH]4)cc3O)=C2)c1)c1cc(N)c(C)[nH]1. The summed E-state index contributed by atoms with van der Waals surface area (Å²) < 4.78 is 5.98. The first-order chi connectivity index (χ1) is 18.6. The highest BCUT2D eigenvalue weighted by Gasteiger charge is 2.20. The normalized spacial score (nSPS) is 14.5. The van der Waals surface area contributed by atoms with Gasteiger partial charge in [0.25, 0.3) is 0 Å². The molecule has 0 spiro atoms. The fourth-order valence-electron chi connectivity index (χ4n) is 4.33. The number of anilines is 2. The number of aromatic hydroxyl groups is 1. The molecule has 0 bridgehead atoms. The molecule has 0 radical (unpaired) electrons. The predicted molar refractivity (Wildman–Crippen MR) is 153 cm³/mol. The van der Waals surface area contributed by atoms with E-state index >= 15 is 0 Å². The molecule has 5 rings (SSSR count). The van der Waals surface area contributed by atoms with Crippen molar-refractivity contribution in [3.05, 3.63) is 94.7 Å². The summed E-state index contributed by atoms with van der Waals surface area (Å²) in [5, 5.41) is 35.2. The van der Waals surface area contributed by atoms with Gasteiger partial charge in [-0.05, 0) is 62.3 Å². The molecule has 0 saturated carbocycles. The van der Waals surface area contributed by atoms with Gasteiger partial charge in [-0.3, -0.25) is 4.98 Å². The van der Waals surface area contributed by atoms with Gasteiger partial charge < -0.3 is 46.5 Å². The van der Waals surface area contributed by atoms with Crippen molar-refractivity contribution < 1.29 is 19.7 Å². The van der Waals surface area contributed by atoms with Crippen LogP contribution in [-0.2, 0) is 0 Å². The average Bonchev–Trinajstić information content (AvgIpc) is 3.59. The number of H-pyrrole nitrogens is 2. The topological polar surface area (TPSA) is 182 Å². The standard InChI is InChI=1S/C29H30N6O4/c1-14(23-7-21(30)15(2)34-23)4-25(36)28(38)19-5-17(10-32-12-19)18-6-20(13-33-11-18)29-26(37)9-27(39-29)24-8-22(31)16(3)35-24/h4-12,33-38H,13,30-31H2,1-3H3/b14-4+,28-25+. The molecule has 10 heteroatoms. The summed E-state index contributed by atoms with van der Waals surface area (Å²) in [5.74, 6) is 0.178. The number of allylic oxidation sites excluding steroid dienone is 4. The molecule has 0 aliphatic carbocycles. The monoisotopic (exact) mass is 526 g/mol. The molecule has 4 aromatic heterocycles. The van der Waals surface area contributed by atoms with Crippen LogP contribution >= 0.6 is 0 Å². The highest BCUT2D eigenvalue weighted by atomic mass is 16.4. The fourth-order valence-corrected chi connectivity index (χ4v) is 4.33. The van der Waals surface area contributed by atoms with E-state index in [1.165, 1.54) is 12.3 Å². The summed E-state index contributed by atoms with van der Waals surface area (Å²) in [7, 11) is 0. The van der Waals surface area contributed by atoms with Crippen molar-refractivity contribution in [3.63, 3.8) is 0 Å². The van der Waals surface area contributed by atoms with Gasteiger partial charge in [0, 0.05) is 65.0 Å². The van der Waals surface area contributed by atoms with Crippen molar-refractivity contribution in [3.8, 4) is 17.2 Å². The van der Waals surface area contributed by atoms with Crippen LogP contribution in [-0.4, -0.2) is 36.8 Å². The van der Waals surface area contributed by atoms with Crippen molar-refractivity contribution in [1.82, 2.24) is 20.3 Å². The minimum absolute atomic E-state index is 0.00340. The van der Waals surface area contributed by atoms with E-state index in [2.05, 4.69) is 20.3 Å². The zero-order chi connectivity index (χ0) is 27.8. The van der Waals surface area contributed by atoms with E-state index in [4.69, 9.17) is 15.9 Å². The molecular formula is C29H30N6O4. The van der Waals surface area contributed by atoms with E-state index in [-0.39, 0.29) is 17.3 Å². The molecule has 1 aliphatic rings. The maximum absolute atomic E-state index is 10.8. The van der Waals surface area contributed by atoms with Gasteiger partial charge >= 0.3 is 0 Å². The van der Waals surface area contributed by atoms with E-state index in [1.807, 2.05) is 26.1 Å². The van der Waals surface area contributed by atoms with Gasteiger partial charge in [-0.15, -0.1) is 0 Å². The van der Waals surface area contributed by atoms with Crippen LogP contribution in [0.2, 0.25) is 0 Å². The number of nitrogen functional groups attached to an aromatic ring is 2. The first kappa shape index (κ1) is 25.4. The van der Waals surface area contributed by atoms with E-state index in [1.54, 1.807) is 37.4 Å². The van der Waals surface area contributed by atoms with Crippen molar-refractivity contribution in [2.75, 3.05) is 18.0 Å². The quantitative estimate of drug-likeness (QED) is 0.121. The molecule has 0 fully saturated rings. The van der Waals surface area contributed by atoms with Gasteiger partial charge in [0.15, 0.2) is 28.8 Å². The lowest BCUT2D eigenvalue weighted by atomic mass is 10.00. The van der Waals surface area contributed by atoms with Crippen LogP contribution < -0.4 is 16.8 Å². The summed E-state index contributed by atoms with van der Waals surface area (Å²) >= 11 is 0. The van der Waals surface area contributed by atoms with Crippen molar-refractivity contribution in [2.24, 2.45) is 0 Å². The zero-order valence-electron chi connectivity index (χ0n) is 21.8. The minimum atomic E-state index is -0.317. The maximum atomic E-state index is 10.8. The summed E-state index contributed by atoms with van der Waals surface area (Å²) in [6.45, 7) is 5.95. The number of nitrogens with one attached hydrogen (secondary N) is 3. The third-order valence-corrected chi connectivity index (χ3v) is 6.63. The van der Waals surface area contributed by atoms with Gasteiger partial charge in [0.05, 0.1) is 17.1 Å². The Kier molecular flexibility index (Phi) is 6.45. The van der Waals surface area contributed by atoms with Crippen LogP contribution in [0.25, 0.3) is 33.9 Å². The molecule has 0 amide bonds. The summed E-state index contributed by atoms with van der Waals surface area (Å²) in [5.41, 5.74) is 19.3. The summed E-state index contributed by atoms with van der Waals surface area (Å²) in [6.07, 6.45) is 8.25. The lowest BCUT2D eigenvalue weighted by Gasteiger charge is -2.15. The number of hydrogen-bond acceptors (Lipinski definition) is 8. The number of aromatic nitrogens is 3. The molecular weight excluding hydrogens is 496 g/mol. The Bertz CT molecular complexity index is 1660. The number of aliphatic hydroxyl groups excluding tert-OH is 2. The van der Waals surface area contributed by atoms with E-state index in [0.29, 0.717) is 51.8 Å². The number of nitrogens with zero attached hydrogens (tertiary/aromatic N) is 1. The lowest BCUT2D eigenvalue weighted by Crippen LogP contribution is -2.14. The molecule has 0 aromatic carbocycles. The van der Waals surface area contributed by atoms with E-state index in [0.717, 1.165) is 28.2 Å². The van der Waals surface area contributed by atoms with Gasteiger partial charge in [0.2, 0.25) is 0 Å². The average molecular weight is 527 g/mol. The number of nitrogens with two attached hydrogens (primary N) is 2. The highest BCUT2D eigenvalue weighted by molar-refractivity contribution is 5.87. The van der Waals surface area contributed by atoms with Crippen LogP contribution in [0.4, 0.5) is 11.4 Å². The first-order valence-corrected chi connectivity index (χ1v) is 12.2. The van der Waals surface area contributed by atoms with Gasteiger partial charge in [0.1, 0.15) is 0 Å². The van der Waals surface area contributed by atoms with E-state index < -0.39 is 0 Å². The first-order valence-electron chi connectivity index (χ1n) is 12.2. The fraction of sp³-hybridized carbons (Fsp3) is 0.138. The Morgan fingerprint density at radius 1 is 1.03 bits per heavy atom. The maximum Gasteiger partial charge on any atom is 0.174 e. The van der Waals surface area contributed by atoms with Crippen LogP contribution in [0.1, 0.15) is 40.9 Å². The number of rotatable bonds is 6. The third kappa shape index (κ3) is 4.99. The van der Waals surface area contributed by atoms with Crippen LogP contribution in [0.3, 0.4) is 0 Å². The van der Waals surface area contributed by atoms with Crippen LogP contribution in [0, 0.1) is 13.8 Å². The van der Waals surface area contributed by atoms with Crippen LogP contribution in [0.5, 0.6) is 5.75 Å². The Hall–Kier alpha value is -5.25. The molecule has 4 aromatic rings. The number of aryl methyl sites for hydroxylation is 2.